The highest BCUT2D eigenvalue weighted by molar-refractivity contribution is 7.12. The molecule has 110 valence electrons. The Morgan fingerprint density at radius 2 is 1.80 bits per heavy atom. The van der Waals surface area contributed by atoms with Gasteiger partial charge in [-0.05, 0) is 19.3 Å². The number of hydrogen-bond donors (Lipinski definition) is 0. The van der Waals surface area contributed by atoms with Crippen LogP contribution in [0.25, 0.3) is 0 Å². The van der Waals surface area contributed by atoms with Gasteiger partial charge < -0.3 is 0 Å². The molecule has 1 atom stereocenters. The van der Waals surface area contributed by atoms with Crippen molar-refractivity contribution in [1.29, 1.82) is 0 Å². The summed E-state index contributed by atoms with van der Waals surface area (Å²) in [7, 11) is 0. The highest BCUT2D eigenvalue weighted by Crippen LogP contribution is 2.38. The van der Waals surface area contributed by atoms with Crippen LogP contribution >= 0.6 is 22.7 Å². The lowest BCUT2D eigenvalue weighted by Crippen LogP contribution is -2.19. The summed E-state index contributed by atoms with van der Waals surface area (Å²) in [6, 6.07) is 0. The summed E-state index contributed by atoms with van der Waals surface area (Å²) in [5, 5.41) is 2.50. The highest BCUT2D eigenvalue weighted by Gasteiger charge is 2.28. The zero-order chi connectivity index (χ0) is 14.9. The maximum atomic E-state index is 4.62. The molecule has 2 aromatic rings. The lowest BCUT2D eigenvalue weighted by Gasteiger charge is -2.25. The smallest absolute Gasteiger partial charge is 0.0984 e. The summed E-state index contributed by atoms with van der Waals surface area (Å²) in [5.74, 6) is 1.05. The van der Waals surface area contributed by atoms with Crippen molar-refractivity contribution < 1.29 is 0 Å². The second-order valence-corrected chi connectivity index (χ2v) is 8.85. The predicted molar refractivity (Wildman–Crippen MR) is 89.1 cm³/mol. The maximum Gasteiger partial charge on any atom is 0.0984 e. The third-order valence-corrected chi connectivity index (χ3v) is 6.36. The summed E-state index contributed by atoms with van der Waals surface area (Å²) in [6.45, 7) is 13.4. The van der Waals surface area contributed by atoms with Gasteiger partial charge in [-0.25, -0.2) is 9.97 Å². The minimum absolute atomic E-state index is 0.113. The summed E-state index contributed by atoms with van der Waals surface area (Å²) in [6.07, 6.45) is 5.11. The number of aryl methyl sites for hydroxylation is 1. The van der Waals surface area contributed by atoms with Gasteiger partial charge in [-0.15, -0.1) is 22.7 Å². The maximum absolute atomic E-state index is 4.62. The van der Waals surface area contributed by atoms with Gasteiger partial charge in [-0.1, -0.05) is 34.6 Å². The molecule has 2 aromatic heterocycles. The number of nitrogens with zero attached hydrogens (tertiary/aromatic N) is 2. The van der Waals surface area contributed by atoms with Crippen LogP contribution < -0.4 is 0 Å². The molecule has 0 N–H and O–H groups in total. The molecule has 0 bridgehead atoms. The average molecular weight is 309 g/mol. The Hall–Kier alpha value is -0.740. The van der Waals surface area contributed by atoms with Crippen molar-refractivity contribution in [2.75, 3.05) is 0 Å². The molecule has 0 spiro atoms. The molecule has 20 heavy (non-hydrogen) atoms. The molecule has 2 nitrogen and oxygen atoms in total. The number of hydrogen-bond acceptors (Lipinski definition) is 4. The quantitative estimate of drug-likeness (QED) is 0.728. The fourth-order valence-electron chi connectivity index (χ4n) is 2.40. The van der Waals surface area contributed by atoms with Crippen LogP contribution in [0.4, 0.5) is 0 Å². The Labute approximate surface area is 130 Å². The zero-order valence-corrected chi connectivity index (χ0v) is 14.9. The summed E-state index contributed by atoms with van der Waals surface area (Å²) >= 11 is 3.68. The Balaban J connectivity index is 2.11. The first-order valence-corrected chi connectivity index (χ1v) is 8.81. The minimum atomic E-state index is 0.113. The molecule has 0 aliphatic carbocycles. The van der Waals surface area contributed by atoms with E-state index in [1.165, 1.54) is 19.8 Å². The van der Waals surface area contributed by atoms with Gasteiger partial charge in [0.2, 0.25) is 0 Å². The molecule has 0 aromatic carbocycles. The van der Waals surface area contributed by atoms with Crippen LogP contribution in [0.2, 0.25) is 0 Å². The van der Waals surface area contributed by atoms with Crippen molar-refractivity contribution >= 4 is 22.7 Å². The Morgan fingerprint density at radius 3 is 2.30 bits per heavy atom. The average Bonchev–Trinajstić information content (AvgIpc) is 2.96. The SMILES string of the molecule is Cc1cnc(C(C)(C)CC(C)c2ncc(C(C)C)s2)s1. The largest absolute Gasteiger partial charge is 0.249 e. The van der Waals surface area contributed by atoms with Crippen molar-refractivity contribution in [2.24, 2.45) is 0 Å². The van der Waals surface area contributed by atoms with E-state index in [-0.39, 0.29) is 5.41 Å². The highest BCUT2D eigenvalue weighted by atomic mass is 32.1. The minimum Gasteiger partial charge on any atom is -0.249 e. The van der Waals surface area contributed by atoms with Crippen molar-refractivity contribution in [3.63, 3.8) is 0 Å². The lowest BCUT2D eigenvalue weighted by atomic mass is 9.84. The fraction of sp³-hybridized carbons (Fsp3) is 0.625. The van der Waals surface area contributed by atoms with E-state index in [9.17, 15) is 0 Å². The summed E-state index contributed by atoms with van der Waals surface area (Å²) in [5.41, 5.74) is 0.113. The van der Waals surface area contributed by atoms with Crippen LogP contribution in [-0.2, 0) is 5.41 Å². The summed E-state index contributed by atoms with van der Waals surface area (Å²) < 4.78 is 0. The number of aromatic nitrogens is 2. The normalized spacial score (nSPS) is 13.9. The molecule has 0 radical (unpaired) electrons. The third kappa shape index (κ3) is 3.47. The van der Waals surface area contributed by atoms with Gasteiger partial charge >= 0.3 is 0 Å². The first kappa shape index (κ1) is 15.6. The fourth-order valence-corrected chi connectivity index (χ4v) is 4.25. The second kappa shape index (κ2) is 5.94. The van der Waals surface area contributed by atoms with Crippen LogP contribution in [0.3, 0.4) is 0 Å². The molecule has 1 unspecified atom stereocenters. The van der Waals surface area contributed by atoms with Crippen molar-refractivity contribution in [2.45, 2.75) is 65.2 Å². The van der Waals surface area contributed by atoms with Crippen LogP contribution in [0.15, 0.2) is 12.4 Å². The molecule has 0 aliphatic rings. The van der Waals surface area contributed by atoms with Crippen molar-refractivity contribution in [1.82, 2.24) is 9.97 Å². The molecule has 4 heteroatoms. The molecule has 0 fully saturated rings. The van der Waals surface area contributed by atoms with Crippen LogP contribution in [0.1, 0.15) is 72.6 Å². The van der Waals surface area contributed by atoms with E-state index in [0.717, 1.165) is 6.42 Å². The summed E-state index contributed by atoms with van der Waals surface area (Å²) in [4.78, 5) is 11.9. The van der Waals surface area contributed by atoms with E-state index in [1.807, 2.05) is 35.1 Å². The van der Waals surface area contributed by atoms with Gasteiger partial charge in [-0.2, -0.15) is 0 Å². The molecule has 2 rings (SSSR count). The Kier molecular flexibility index (Phi) is 4.65. The van der Waals surface area contributed by atoms with Crippen molar-refractivity contribution in [3.8, 4) is 0 Å². The lowest BCUT2D eigenvalue weighted by molar-refractivity contribution is 0.436. The molecule has 0 amide bonds. The zero-order valence-electron chi connectivity index (χ0n) is 13.2. The molecular weight excluding hydrogens is 284 g/mol. The van der Waals surface area contributed by atoms with Gasteiger partial charge in [0.05, 0.1) is 10.0 Å². The van der Waals surface area contributed by atoms with E-state index in [0.29, 0.717) is 11.8 Å². The first-order valence-electron chi connectivity index (χ1n) is 7.18. The molecule has 2 heterocycles. The molecular formula is C16H24N2S2. The van der Waals surface area contributed by atoms with Crippen LogP contribution in [0.5, 0.6) is 0 Å². The van der Waals surface area contributed by atoms with Crippen LogP contribution in [-0.4, -0.2) is 9.97 Å². The second-order valence-electron chi connectivity index (χ2n) is 6.52. The predicted octanol–water partition coefficient (Wildman–Crippen LogP) is 5.50. The van der Waals surface area contributed by atoms with Crippen LogP contribution in [0, 0.1) is 6.92 Å². The van der Waals surface area contributed by atoms with E-state index in [2.05, 4.69) is 51.5 Å². The van der Waals surface area contributed by atoms with Gasteiger partial charge in [0.15, 0.2) is 0 Å². The van der Waals surface area contributed by atoms with Crippen molar-refractivity contribution in [3.05, 3.63) is 32.2 Å². The molecule has 0 aliphatic heterocycles. The third-order valence-electron chi connectivity index (χ3n) is 3.55. The topological polar surface area (TPSA) is 25.8 Å². The first-order chi connectivity index (χ1) is 9.29. The van der Waals surface area contributed by atoms with Gasteiger partial charge in [0.1, 0.15) is 0 Å². The van der Waals surface area contributed by atoms with E-state index in [1.54, 1.807) is 0 Å². The monoisotopic (exact) mass is 308 g/mol. The Morgan fingerprint density at radius 1 is 1.10 bits per heavy atom. The van der Waals surface area contributed by atoms with E-state index >= 15 is 0 Å². The number of thiazole rings is 2. The van der Waals surface area contributed by atoms with E-state index in [4.69, 9.17) is 0 Å². The Bertz CT molecular complexity index is 567. The van der Waals surface area contributed by atoms with E-state index < -0.39 is 0 Å². The molecule has 0 saturated heterocycles. The molecule has 0 saturated carbocycles. The standard InChI is InChI=1S/C16H24N2S2/c1-10(2)13-9-17-14(20-13)11(3)7-16(5,6)15-18-8-12(4)19-15/h8-11H,7H2,1-6H3. The van der Waals surface area contributed by atoms with Gasteiger partial charge in [0.25, 0.3) is 0 Å². The van der Waals surface area contributed by atoms with Gasteiger partial charge in [-0.3, -0.25) is 0 Å². The number of rotatable bonds is 5. The van der Waals surface area contributed by atoms with Gasteiger partial charge in [0, 0.05) is 33.5 Å².